The Bertz CT molecular complexity index is 621. The number of hydrogen-bond donors (Lipinski definition) is 1. The number of hydrogen-bond acceptors (Lipinski definition) is 3. The van der Waals surface area contributed by atoms with Crippen molar-refractivity contribution in [3.8, 4) is 11.3 Å². The van der Waals surface area contributed by atoms with E-state index >= 15 is 0 Å². The van der Waals surface area contributed by atoms with Gasteiger partial charge in [0.05, 0.1) is 6.54 Å². The summed E-state index contributed by atoms with van der Waals surface area (Å²) in [6.45, 7) is 5.67. The first-order valence-electron chi connectivity index (χ1n) is 7.91. The highest BCUT2D eigenvalue weighted by atomic mass is 127. The van der Waals surface area contributed by atoms with Crippen molar-refractivity contribution in [1.29, 1.82) is 0 Å². The number of benzene rings is 1. The molecule has 1 N–H and O–H groups in total. The Morgan fingerprint density at radius 1 is 1.26 bits per heavy atom. The van der Waals surface area contributed by atoms with E-state index in [1.54, 1.807) is 0 Å². The first-order valence-corrected chi connectivity index (χ1v) is 7.91. The van der Waals surface area contributed by atoms with E-state index in [9.17, 15) is 0 Å². The minimum atomic E-state index is 0. The molecule has 2 aromatic rings. The quantitative estimate of drug-likeness (QED) is 0.462. The second-order valence-electron chi connectivity index (χ2n) is 5.41. The van der Waals surface area contributed by atoms with Gasteiger partial charge >= 0.3 is 0 Å². The maximum absolute atomic E-state index is 5.42. The van der Waals surface area contributed by atoms with Gasteiger partial charge in [0.2, 0.25) is 0 Å². The van der Waals surface area contributed by atoms with E-state index < -0.39 is 0 Å². The summed E-state index contributed by atoms with van der Waals surface area (Å²) in [6.07, 6.45) is 2.49. The van der Waals surface area contributed by atoms with Gasteiger partial charge in [-0.15, -0.1) is 24.0 Å². The molecule has 1 aliphatic rings. The van der Waals surface area contributed by atoms with Crippen molar-refractivity contribution in [2.45, 2.75) is 26.3 Å². The SMILES string of the molecule is CCNC(=NCc1cc(-c2ccccc2)on1)N1CCCC1.I. The fourth-order valence-corrected chi connectivity index (χ4v) is 2.64. The summed E-state index contributed by atoms with van der Waals surface area (Å²) in [6, 6.07) is 12.0. The van der Waals surface area contributed by atoms with E-state index in [2.05, 4.69) is 27.3 Å². The number of halogens is 1. The van der Waals surface area contributed by atoms with Gasteiger partial charge in [-0.2, -0.15) is 0 Å². The molecule has 1 aliphatic heterocycles. The molecule has 124 valence electrons. The number of nitrogens with zero attached hydrogens (tertiary/aromatic N) is 3. The van der Waals surface area contributed by atoms with Crippen molar-refractivity contribution in [1.82, 2.24) is 15.4 Å². The Balaban J connectivity index is 0.00000192. The predicted octanol–water partition coefficient (Wildman–Crippen LogP) is 3.52. The molecule has 0 bridgehead atoms. The molecule has 2 heterocycles. The average Bonchev–Trinajstić information content (AvgIpc) is 3.24. The van der Waals surface area contributed by atoms with Crippen LogP contribution in [-0.4, -0.2) is 35.7 Å². The molecule has 0 amide bonds. The Morgan fingerprint density at radius 2 is 2.00 bits per heavy atom. The average molecular weight is 426 g/mol. The highest BCUT2D eigenvalue weighted by Gasteiger charge is 2.15. The highest BCUT2D eigenvalue weighted by Crippen LogP contribution is 2.20. The molecular weight excluding hydrogens is 403 g/mol. The number of guanidine groups is 1. The zero-order valence-corrected chi connectivity index (χ0v) is 15.7. The number of likely N-dealkylation sites (tertiary alicyclic amines) is 1. The maximum Gasteiger partial charge on any atom is 0.194 e. The number of rotatable bonds is 4. The van der Waals surface area contributed by atoms with Gasteiger partial charge in [-0.25, -0.2) is 4.99 Å². The van der Waals surface area contributed by atoms with Crippen LogP contribution in [-0.2, 0) is 6.54 Å². The van der Waals surface area contributed by atoms with Crippen LogP contribution in [0.5, 0.6) is 0 Å². The van der Waals surface area contributed by atoms with Crippen LogP contribution in [0.25, 0.3) is 11.3 Å². The Labute approximate surface area is 154 Å². The van der Waals surface area contributed by atoms with Crippen molar-refractivity contribution in [3.05, 3.63) is 42.1 Å². The van der Waals surface area contributed by atoms with Crippen LogP contribution in [0.15, 0.2) is 45.9 Å². The van der Waals surface area contributed by atoms with Crippen LogP contribution < -0.4 is 5.32 Å². The summed E-state index contributed by atoms with van der Waals surface area (Å²) in [4.78, 5) is 6.99. The molecule has 23 heavy (non-hydrogen) atoms. The molecule has 5 nitrogen and oxygen atoms in total. The van der Waals surface area contributed by atoms with Gasteiger partial charge in [0.25, 0.3) is 0 Å². The van der Waals surface area contributed by atoms with Crippen molar-refractivity contribution in [3.63, 3.8) is 0 Å². The largest absolute Gasteiger partial charge is 0.357 e. The second-order valence-corrected chi connectivity index (χ2v) is 5.41. The zero-order chi connectivity index (χ0) is 15.2. The highest BCUT2D eigenvalue weighted by molar-refractivity contribution is 14.0. The molecule has 0 radical (unpaired) electrons. The first kappa shape index (κ1) is 17.8. The molecule has 0 aliphatic carbocycles. The first-order chi connectivity index (χ1) is 10.9. The van der Waals surface area contributed by atoms with Crippen molar-refractivity contribution in [2.24, 2.45) is 4.99 Å². The molecule has 0 saturated carbocycles. The molecular formula is C17H23IN4O. The fraction of sp³-hybridized carbons (Fsp3) is 0.412. The molecule has 0 spiro atoms. The van der Waals surface area contributed by atoms with Crippen molar-refractivity contribution in [2.75, 3.05) is 19.6 Å². The third-order valence-corrected chi connectivity index (χ3v) is 3.75. The van der Waals surface area contributed by atoms with Crippen molar-refractivity contribution >= 4 is 29.9 Å². The number of aromatic nitrogens is 1. The molecule has 0 unspecified atom stereocenters. The molecule has 1 saturated heterocycles. The molecule has 0 atom stereocenters. The topological polar surface area (TPSA) is 53.7 Å². The summed E-state index contributed by atoms with van der Waals surface area (Å²) in [7, 11) is 0. The molecule has 3 rings (SSSR count). The second kappa shape index (κ2) is 8.90. The Kier molecular flexibility index (Phi) is 6.88. The predicted molar refractivity (Wildman–Crippen MR) is 103 cm³/mol. The van der Waals surface area contributed by atoms with Gasteiger partial charge in [-0.3, -0.25) is 0 Å². The van der Waals surface area contributed by atoms with Gasteiger partial charge in [-0.05, 0) is 19.8 Å². The summed E-state index contributed by atoms with van der Waals surface area (Å²) in [5.74, 6) is 1.77. The minimum Gasteiger partial charge on any atom is -0.357 e. The summed E-state index contributed by atoms with van der Waals surface area (Å²) >= 11 is 0. The minimum absolute atomic E-state index is 0. The zero-order valence-electron chi connectivity index (χ0n) is 13.4. The van der Waals surface area contributed by atoms with E-state index in [4.69, 9.17) is 4.52 Å². The molecule has 6 heteroatoms. The monoisotopic (exact) mass is 426 g/mol. The van der Waals surface area contributed by atoms with Crippen LogP contribution in [0.1, 0.15) is 25.5 Å². The lowest BCUT2D eigenvalue weighted by Crippen LogP contribution is -2.39. The van der Waals surface area contributed by atoms with Gasteiger partial charge < -0.3 is 14.7 Å². The number of aliphatic imine (C=N–C) groups is 1. The summed E-state index contributed by atoms with van der Waals surface area (Å²) < 4.78 is 5.42. The third-order valence-electron chi connectivity index (χ3n) is 3.75. The summed E-state index contributed by atoms with van der Waals surface area (Å²) in [5.41, 5.74) is 1.89. The maximum atomic E-state index is 5.42. The van der Waals surface area contributed by atoms with Crippen molar-refractivity contribution < 1.29 is 4.52 Å². The lowest BCUT2D eigenvalue weighted by Gasteiger charge is -2.20. The third kappa shape index (κ3) is 4.70. The lowest BCUT2D eigenvalue weighted by molar-refractivity contribution is 0.423. The standard InChI is InChI=1S/C17H22N4O.HI/c1-2-18-17(21-10-6-7-11-21)19-13-15-12-16(22-20-15)14-8-4-3-5-9-14;/h3-5,8-9,12H,2,6-7,10-11,13H2,1H3,(H,18,19);1H. The van der Waals surface area contributed by atoms with E-state index in [0.29, 0.717) is 6.54 Å². The fourth-order valence-electron chi connectivity index (χ4n) is 2.64. The molecule has 1 aromatic carbocycles. The van der Waals surface area contributed by atoms with Crippen LogP contribution in [0.3, 0.4) is 0 Å². The van der Waals surface area contributed by atoms with Gasteiger partial charge in [0.15, 0.2) is 11.7 Å². The molecule has 1 aromatic heterocycles. The smallest absolute Gasteiger partial charge is 0.194 e. The van der Waals surface area contributed by atoms with Crippen LogP contribution in [0.4, 0.5) is 0 Å². The normalized spacial score (nSPS) is 14.7. The van der Waals surface area contributed by atoms with Gasteiger partial charge in [-0.1, -0.05) is 35.5 Å². The Morgan fingerprint density at radius 3 is 2.70 bits per heavy atom. The van der Waals surface area contributed by atoms with E-state index in [-0.39, 0.29) is 24.0 Å². The van der Waals surface area contributed by atoms with E-state index in [1.165, 1.54) is 12.8 Å². The van der Waals surface area contributed by atoms with E-state index in [0.717, 1.165) is 42.6 Å². The summed E-state index contributed by atoms with van der Waals surface area (Å²) in [5, 5.41) is 7.47. The van der Waals surface area contributed by atoms with Crippen LogP contribution in [0.2, 0.25) is 0 Å². The number of nitrogens with one attached hydrogen (secondary N) is 1. The lowest BCUT2D eigenvalue weighted by atomic mass is 10.2. The van der Waals surface area contributed by atoms with Gasteiger partial charge in [0.1, 0.15) is 5.69 Å². The van der Waals surface area contributed by atoms with Crippen LogP contribution in [0, 0.1) is 0 Å². The van der Waals surface area contributed by atoms with Gasteiger partial charge in [0, 0.05) is 31.3 Å². The molecule has 1 fully saturated rings. The van der Waals surface area contributed by atoms with Crippen LogP contribution >= 0.6 is 24.0 Å². The van der Waals surface area contributed by atoms with E-state index in [1.807, 2.05) is 36.4 Å². The Hall–Kier alpha value is -1.57.